The Balaban J connectivity index is 3.29. The van der Waals surface area contributed by atoms with Crippen LogP contribution in [0.5, 0.6) is 0 Å². The SMILES string of the molecule is CC(=O)OC[C@@H]1OC(OC(C)=O)[C@H](OC(C)=O)[C@H](OC(C)=O)[C@H]1OC(C)=O. The number of rotatable bonds is 6. The van der Waals surface area contributed by atoms with E-state index in [2.05, 4.69) is 0 Å². The van der Waals surface area contributed by atoms with E-state index in [4.69, 9.17) is 28.4 Å². The number of carbonyl (C=O) groups is 5. The number of hydrogen-bond acceptors (Lipinski definition) is 11. The van der Waals surface area contributed by atoms with Gasteiger partial charge in [-0.15, -0.1) is 0 Å². The summed E-state index contributed by atoms with van der Waals surface area (Å²) in [5, 5.41) is 0. The average Bonchev–Trinajstić information content (AvgIpc) is 2.49. The molecule has 0 saturated carbocycles. The van der Waals surface area contributed by atoms with Crippen LogP contribution in [-0.4, -0.2) is 67.2 Å². The van der Waals surface area contributed by atoms with Gasteiger partial charge in [0.1, 0.15) is 12.7 Å². The van der Waals surface area contributed by atoms with E-state index in [-0.39, 0.29) is 0 Å². The first-order chi connectivity index (χ1) is 12.5. The molecule has 0 aliphatic carbocycles. The highest BCUT2D eigenvalue weighted by atomic mass is 16.7. The van der Waals surface area contributed by atoms with Gasteiger partial charge < -0.3 is 28.4 Å². The molecule has 1 fully saturated rings. The molecule has 1 saturated heterocycles. The van der Waals surface area contributed by atoms with Crippen LogP contribution in [0.1, 0.15) is 34.6 Å². The van der Waals surface area contributed by atoms with E-state index < -0.39 is 67.2 Å². The average molecular weight is 390 g/mol. The fraction of sp³-hybridized carbons (Fsp3) is 0.688. The van der Waals surface area contributed by atoms with Crippen molar-refractivity contribution in [3.05, 3.63) is 0 Å². The highest BCUT2D eigenvalue weighted by Gasteiger charge is 2.53. The lowest BCUT2D eigenvalue weighted by molar-refractivity contribution is -0.300. The molecule has 0 aromatic rings. The summed E-state index contributed by atoms with van der Waals surface area (Å²) in [6.45, 7) is 5.13. The third-order valence-electron chi connectivity index (χ3n) is 3.23. The van der Waals surface area contributed by atoms with Crippen LogP contribution >= 0.6 is 0 Å². The van der Waals surface area contributed by atoms with Gasteiger partial charge in [-0.25, -0.2) is 0 Å². The summed E-state index contributed by atoms with van der Waals surface area (Å²) < 4.78 is 30.8. The number of hydrogen-bond donors (Lipinski definition) is 0. The molecule has 0 aromatic heterocycles. The molecule has 1 rings (SSSR count). The Morgan fingerprint density at radius 1 is 0.630 bits per heavy atom. The van der Waals surface area contributed by atoms with Crippen LogP contribution < -0.4 is 0 Å². The normalized spacial score (nSPS) is 27.1. The molecular weight excluding hydrogens is 368 g/mol. The van der Waals surface area contributed by atoms with Crippen molar-refractivity contribution in [3.8, 4) is 0 Å². The van der Waals surface area contributed by atoms with E-state index >= 15 is 0 Å². The van der Waals surface area contributed by atoms with Crippen LogP contribution in [0.25, 0.3) is 0 Å². The van der Waals surface area contributed by atoms with Gasteiger partial charge in [-0.2, -0.15) is 0 Å². The van der Waals surface area contributed by atoms with E-state index in [9.17, 15) is 24.0 Å². The molecular formula is C16H22O11. The molecule has 1 aliphatic rings. The number of esters is 5. The molecule has 0 N–H and O–H groups in total. The molecule has 5 atom stereocenters. The molecule has 0 amide bonds. The minimum absolute atomic E-state index is 0.393. The molecule has 152 valence electrons. The lowest BCUT2D eigenvalue weighted by Crippen LogP contribution is -2.63. The highest BCUT2D eigenvalue weighted by Crippen LogP contribution is 2.29. The fourth-order valence-electron chi connectivity index (χ4n) is 2.45. The lowest BCUT2D eigenvalue weighted by atomic mass is 9.98. The molecule has 27 heavy (non-hydrogen) atoms. The van der Waals surface area contributed by atoms with Gasteiger partial charge >= 0.3 is 29.8 Å². The predicted octanol–water partition coefficient (Wildman–Crippen LogP) is -0.367. The second kappa shape index (κ2) is 9.86. The van der Waals surface area contributed by atoms with Crippen LogP contribution in [0.3, 0.4) is 0 Å². The van der Waals surface area contributed by atoms with Crippen molar-refractivity contribution in [2.75, 3.05) is 6.61 Å². The number of ether oxygens (including phenoxy) is 6. The molecule has 0 spiro atoms. The second-order valence-electron chi connectivity index (χ2n) is 5.68. The van der Waals surface area contributed by atoms with Gasteiger partial charge in [-0.3, -0.25) is 24.0 Å². The van der Waals surface area contributed by atoms with Crippen molar-refractivity contribution >= 4 is 29.8 Å². The Morgan fingerprint density at radius 3 is 1.52 bits per heavy atom. The zero-order chi connectivity index (χ0) is 20.7. The van der Waals surface area contributed by atoms with Crippen LogP contribution in [0.2, 0.25) is 0 Å². The maximum atomic E-state index is 11.5. The van der Waals surface area contributed by atoms with Crippen molar-refractivity contribution in [1.29, 1.82) is 0 Å². The maximum Gasteiger partial charge on any atom is 0.305 e. The molecule has 11 heteroatoms. The van der Waals surface area contributed by atoms with Crippen molar-refractivity contribution < 1.29 is 52.4 Å². The summed E-state index contributed by atoms with van der Waals surface area (Å²) in [7, 11) is 0. The van der Waals surface area contributed by atoms with Gasteiger partial charge in [-0.1, -0.05) is 0 Å². The third-order valence-corrected chi connectivity index (χ3v) is 3.23. The Kier molecular flexibility index (Phi) is 8.16. The van der Waals surface area contributed by atoms with Crippen molar-refractivity contribution in [2.45, 2.75) is 65.3 Å². The Morgan fingerprint density at radius 2 is 1.07 bits per heavy atom. The molecule has 0 radical (unpaired) electrons. The number of carbonyl (C=O) groups excluding carboxylic acids is 5. The van der Waals surface area contributed by atoms with Gasteiger partial charge in [0.25, 0.3) is 0 Å². The van der Waals surface area contributed by atoms with Gasteiger partial charge in [0.15, 0.2) is 12.2 Å². The quantitative estimate of drug-likeness (QED) is 0.433. The molecule has 1 heterocycles. The van der Waals surface area contributed by atoms with Crippen molar-refractivity contribution in [3.63, 3.8) is 0 Å². The van der Waals surface area contributed by atoms with E-state index in [0.717, 1.165) is 34.6 Å². The minimum atomic E-state index is -1.48. The van der Waals surface area contributed by atoms with Crippen molar-refractivity contribution in [1.82, 2.24) is 0 Å². The first kappa shape index (κ1) is 22.4. The second-order valence-corrected chi connectivity index (χ2v) is 5.68. The largest absolute Gasteiger partial charge is 0.463 e. The Bertz CT molecular complexity index is 599. The third kappa shape index (κ3) is 7.21. The zero-order valence-corrected chi connectivity index (χ0v) is 15.6. The van der Waals surface area contributed by atoms with E-state index in [1.54, 1.807) is 0 Å². The summed E-state index contributed by atoms with van der Waals surface area (Å²) in [4.78, 5) is 57.0. The van der Waals surface area contributed by atoms with Gasteiger partial charge in [0.2, 0.25) is 12.4 Å². The fourth-order valence-corrected chi connectivity index (χ4v) is 2.45. The smallest absolute Gasteiger partial charge is 0.305 e. The van der Waals surface area contributed by atoms with E-state index in [0.29, 0.717) is 0 Å². The van der Waals surface area contributed by atoms with Gasteiger partial charge in [0, 0.05) is 34.6 Å². The topological polar surface area (TPSA) is 141 Å². The first-order valence-corrected chi connectivity index (χ1v) is 7.99. The summed E-state index contributed by atoms with van der Waals surface area (Å²) in [5.74, 6) is -3.71. The first-order valence-electron chi connectivity index (χ1n) is 7.99. The maximum absolute atomic E-state index is 11.5. The zero-order valence-electron chi connectivity index (χ0n) is 15.6. The van der Waals surface area contributed by atoms with Crippen LogP contribution in [0, 0.1) is 0 Å². The van der Waals surface area contributed by atoms with Crippen LogP contribution in [0.4, 0.5) is 0 Å². The lowest BCUT2D eigenvalue weighted by Gasteiger charge is -2.43. The minimum Gasteiger partial charge on any atom is -0.463 e. The summed E-state index contributed by atoms with van der Waals surface area (Å²) in [6, 6.07) is 0. The molecule has 1 unspecified atom stereocenters. The predicted molar refractivity (Wildman–Crippen MR) is 83.7 cm³/mol. The Hall–Kier alpha value is -2.69. The Labute approximate surface area is 155 Å². The molecule has 0 bridgehead atoms. The molecule has 11 nitrogen and oxygen atoms in total. The van der Waals surface area contributed by atoms with Gasteiger partial charge in [-0.05, 0) is 0 Å². The van der Waals surface area contributed by atoms with Crippen LogP contribution in [0.15, 0.2) is 0 Å². The van der Waals surface area contributed by atoms with Crippen molar-refractivity contribution in [2.24, 2.45) is 0 Å². The standard InChI is InChI=1S/C16H22O11/c1-7(17)22-6-12-13(23-8(2)18)14(24-9(3)19)15(25-10(4)20)16(27-12)26-11(5)21/h12-16H,6H2,1-5H3/t12-,13-,14+,15+,16?/m0/s1. The summed E-state index contributed by atoms with van der Waals surface area (Å²) >= 11 is 0. The van der Waals surface area contributed by atoms with E-state index in [1.807, 2.05) is 0 Å². The van der Waals surface area contributed by atoms with E-state index in [1.165, 1.54) is 0 Å². The van der Waals surface area contributed by atoms with Crippen LogP contribution in [-0.2, 0) is 52.4 Å². The monoisotopic (exact) mass is 390 g/mol. The molecule has 0 aromatic carbocycles. The summed E-state index contributed by atoms with van der Waals surface area (Å²) in [5.41, 5.74) is 0. The summed E-state index contributed by atoms with van der Waals surface area (Å²) in [6.07, 6.45) is -6.70. The van der Waals surface area contributed by atoms with Gasteiger partial charge in [0.05, 0.1) is 0 Å². The molecule has 1 aliphatic heterocycles. The highest BCUT2D eigenvalue weighted by molar-refractivity contribution is 5.69.